The van der Waals surface area contributed by atoms with Gasteiger partial charge in [0.15, 0.2) is 0 Å². The maximum Gasteiger partial charge on any atom is 0.265 e. The molecule has 1 fully saturated rings. The lowest BCUT2D eigenvalue weighted by Crippen LogP contribution is -2.23. The summed E-state index contributed by atoms with van der Waals surface area (Å²) in [5, 5.41) is 0. The predicted octanol–water partition coefficient (Wildman–Crippen LogP) is 2.95. The number of hydrogen-bond donors (Lipinski definition) is 1. The van der Waals surface area contributed by atoms with Crippen molar-refractivity contribution in [1.29, 1.82) is 0 Å². The van der Waals surface area contributed by atoms with Crippen LogP contribution in [0, 0.1) is 5.92 Å². The molecule has 2 rings (SSSR count). The van der Waals surface area contributed by atoms with Crippen LogP contribution >= 0.6 is 15.9 Å². The van der Waals surface area contributed by atoms with Gasteiger partial charge in [0.1, 0.15) is 10.3 Å². The van der Waals surface area contributed by atoms with E-state index in [2.05, 4.69) is 53.6 Å². The van der Waals surface area contributed by atoms with E-state index in [9.17, 15) is 4.79 Å². The number of nitrogens with zero attached hydrogens (tertiary/aromatic N) is 1. The van der Waals surface area contributed by atoms with Gasteiger partial charge in [-0.1, -0.05) is 27.7 Å². The summed E-state index contributed by atoms with van der Waals surface area (Å²) in [7, 11) is 0. The molecule has 1 N–H and O–H groups in total. The van der Waals surface area contributed by atoms with Gasteiger partial charge in [-0.25, -0.2) is 4.98 Å². The first-order valence-electron chi connectivity index (χ1n) is 5.61. The van der Waals surface area contributed by atoms with Gasteiger partial charge in [0.05, 0.1) is 5.69 Å². The van der Waals surface area contributed by atoms with Gasteiger partial charge < -0.3 is 4.98 Å². The molecule has 1 aliphatic rings. The van der Waals surface area contributed by atoms with Crippen molar-refractivity contribution in [2.24, 2.45) is 5.92 Å². The first-order valence-corrected chi connectivity index (χ1v) is 6.40. The molecule has 1 aliphatic carbocycles. The Morgan fingerprint density at radius 1 is 1.44 bits per heavy atom. The molecule has 1 aromatic heterocycles. The molecule has 0 saturated heterocycles. The zero-order chi connectivity index (χ0) is 12.1. The first-order chi connectivity index (χ1) is 7.30. The van der Waals surface area contributed by atoms with Crippen molar-refractivity contribution < 1.29 is 0 Å². The highest BCUT2D eigenvalue weighted by Crippen LogP contribution is 2.45. The van der Waals surface area contributed by atoms with Gasteiger partial charge in [-0.15, -0.1) is 0 Å². The monoisotopic (exact) mass is 284 g/mol. The van der Waals surface area contributed by atoms with Crippen molar-refractivity contribution in [2.75, 3.05) is 0 Å². The summed E-state index contributed by atoms with van der Waals surface area (Å²) >= 11 is 3.33. The van der Waals surface area contributed by atoms with E-state index in [0.717, 1.165) is 17.9 Å². The van der Waals surface area contributed by atoms with Crippen LogP contribution in [0.4, 0.5) is 0 Å². The Kier molecular flexibility index (Phi) is 2.73. The van der Waals surface area contributed by atoms with E-state index in [1.54, 1.807) is 0 Å². The third-order valence-corrected chi connectivity index (χ3v) is 3.79. The van der Waals surface area contributed by atoms with Crippen molar-refractivity contribution in [1.82, 2.24) is 9.97 Å². The van der Waals surface area contributed by atoms with Crippen LogP contribution in [0.15, 0.2) is 9.27 Å². The maximum atomic E-state index is 11.8. The van der Waals surface area contributed by atoms with Crippen LogP contribution in [0.1, 0.15) is 51.6 Å². The molecule has 1 heterocycles. The lowest BCUT2D eigenvalue weighted by Gasteiger charge is -2.19. The molecule has 2 atom stereocenters. The van der Waals surface area contributed by atoms with E-state index in [4.69, 9.17) is 0 Å². The summed E-state index contributed by atoms with van der Waals surface area (Å²) < 4.78 is 0.567. The average Bonchev–Trinajstić information content (AvgIpc) is 2.85. The lowest BCUT2D eigenvalue weighted by molar-refractivity contribution is 0.555. The van der Waals surface area contributed by atoms with Gasteiger partial charge >= 0.3 is 0 Å². The molecule has 3 nitrogen and oxygen atoms in total. The third kappa shape index (κ3) is 2.08. The van der Waals surface area contributed by atoms with E-state index in [0.29, 0.717) is 16.3 Å². The van der Waals surface area contributed by atoms with Crippen molar-refractivity contribution >= 4 is 15.9 Å². The molecule has 1 aromatic rings. The molecule has 0 radical (unpaired) electrons. The van der Waals surface area contributed by atoms with Crippen LogP contribution in [0.25, 0.3) is 0 Å². The topological polar surface area (TPSA) is 45.8 Å². The number of H-pyrrole nitrogens is 1. The van der Waals surface area contributed by atoms with Gasteiger partial charge in [-0.05, 0) is 28.3 Å². The summed E-state index contributed by atoms with van der Waals surface area (Å²) in [4.78, 5) is 19.3. The Morgan fingerprint density at radius 3 is 2.44 bits per heavy atom. The second kappa shape index (κ2) is 3.69. The second-order valence-corrected chi connectivity index (χ2v) is 6.48. The fourth-order valence-electron chi connectivity index (χ4n) is 1.85. The number of hydrogen-bond acceptors (Lipinski definition) is 2. The molecule has 0 spiro atoms. The lowest BCUT2D eigenvalue weighted by atomic mass is 9.92. The molecule has 88 valence electrons. The minimum Gasteiger partial charge on any atom is -0.309 e. The highest BCUT2D eigenvalue weighted by Gasteiger charge is 2.37. The second-order valence-electron chi connectivity index (χ2n) is 5.68. The smallest absolute Gasteiger partial charge is 0.265 e. The first kappa shape index (κ1) is 11.8. The molecule has 16 heavy (non-hydrogen) atoms. The molecular weight excluding hydrogens is 268 g/mol. The van der Waals surface area contributed by atoms with Crippen LogP contribution in [-0.2, 0) is 5.41 Å². The molecule has 0 bridgehead atoms. The minimum atomic E-state index is -0.111. The summed E-state index contributed by atoms with van der Waals surface area (Å²) in [6.07, 6.45) is 1.13. The van der Waals surface area contributed by atoms with Crippen LogP contribution in [-0.4, -0.2) is 9.97 Å². The van der Waals surface area contributed by atoms with Crippen LogP contribution in [0.3, 0.4) is 0 Å². The largest absolute Gasteiger partial charge is 0.309 e. The van der Waals surface area contributed by atoms with Crippen molar-refractivity contribution in [3.05, 3.63) is 26.3 Å². The predicted molar refractivity (Wildman–Crippen MR) is 67.8 cm³/mol. The fourth-order valence-corrected chi connectivity index (χ4v) is 2.63. The van der Waals surface area contributed by atoms with Gasteiger partial charge in [0.25, 0.3) is 5.56 Å². The number of nitrogens with one attached hydrogen (secondary N) is 1. The minimum absolute atomic E-state index is 0.0611. The normalized spacial score (nSPS) is 24.6. The fraction of sp³-hybridized carbons (Fsp3) is 0.667. The summed E-state index contributed by atoms with van der Waals surface area (Å²) in [5.41, 5.74) is 0.680. The number of aromatic nitrogens is 2. The van der Waals surface area contributed by atoms with Gasteiger partial charge in [-0.2, -0.15) is 0 Å². The zero-order valence-electron chi connectivity index (χ0n) is 10.1. The summed E-state index contributed by atoms with van der Waals surface area (Å²) in [6, 6.07) is 0. The molecule has 0 aliphatic heterocycles. The summed E-state index contributed by atoms with van der Waals surface area (Å²) in [5.74, 6) is 1.95. The number of rotatable bonds is 1. The Labute approximate surface area is 104 Å². The average molecular weight is 285 g/mol. The third-order valence-electron chi connectivity index (χ3n) is 3.05. The van der Waals surface area contributed by atoms with Crippen LogP contribution < -0.4 is 5.56 Å². The molecule has 0 aromatic carbocycles. The van der Waals surface area contributed by atoms with Crippen molar-refractivity contribution in [3.63, 3.8) is 0 Å². The molecular formula is C12H17BrN2O. The van der Waals surface area contributed by atoms with E-state index in [1.807, 2.05) is 0 Å². The number of aromatic amines is 1. The maximum absolute atomic E-state index is 11.8. The molecule has 1 saturated carbocycles. The van der Waals surface area contributed by atoms with Gasteiger partial charge in [0.2, 0.25) is 0 Å². The van der Waals surface area contributed by atoms with Gasteiger partial charge in [0, 0.05) is 11.3 Å². The Hall–Kier alpha value is -0.640. The molecule has 4 heteroatoms. The Balaban J connectivity index is 2.52. The quantitative estimate of drug-likeness (QED) is 0.862. The van der Waals surface area contributed by atoms with Gasteiger partial charge in [-0.3, -0.25) is 4.79 Å². The highest BCUT2D eigenvalue weighted by atomic mass is 79.9. The number of halogens is 1. The molecule has 2 unspecified atom stereocenters. The Bertz CT molecular complexity index is 473. The SMILES string of the molecule is CC1CC1c1nc(C(C)(C)C)c(Br)c(=O)[nH]1. The van der Waals surface area contributed by atoms with Crippen molar-refractivity contribution in [3.8, 4) is 0 Å². The van der Waals surface area contributed by atoms with E-state index >= 15 is 0 Å². The van der Waals surface area contributed by atoms with E-state index < -0.39 is 0 Å². The Morgan fingerprint density at radius 2 is 2.00 bits per heavy atom. The van der Waals surface area contributed by atoms with Crippen LogP contribution in [0.2, 0.25) is 0 Å². The molecule has 0 amide bonds. The van der Waals surface area contributed by atoms with E-state index in [-0.39, 0.29) is 11.0 Å². The highest BCUT2D eigenvalue weighted by molar-refractivity contribution is 9.10. The standard InChI is InChI=1S/C12H17BrN2O/c1-6-5-7(6)10-14-9(12(2,3)4)8(13)11(16)15-10/h6-7H,5H2,1-4H3,(H,14,15,16). The van der Waals surface area contributed by atoms with E-state index in [1.165, 1.54) is 0 Å². The van der Waals surface area contributed by atoms with Crippen molar-refractivity contribution in [2.45, 2.75) is 45.4 Å². The zero-order valence-corrected chi connectivity index (χ0v) is 11.7. The summed E-state index contributed by atoms with van der Waals surface area (Å²) in [6.45, 7) is 8.39. The van der Waals surface area contributed by atoms with Crippen LogP contribution in [0.5, 0.6) is 0 Å².